The van der Waals surface area contributed by atoms with Gasteiger partial charge in [0.25, 0.3) is 0 Å². The Morgan fingerprint density at radius 2 is 2.00 bits per heavy atom. The van der Waals surface area contributed by atoms with Crippen molar-refractivity contribution >= 4 is 5.96 Å². The topological polar surface area (TPSA) is 41.6 Å². The van der Waals surface area contributed by atoms with Gasteiger partial charge in [0.05, 0.1) is 0 Å². The maximum absolute atomic E-state index is 5.84. The molecule has 2 N–H and O–H groups in total. The van der Waals surface area contributed by atoms with Crippen LogP contribution in [-0.4, -0.2) is 30.5 Å². The van der Waals surface area contributed by atoms with E-state index in [9.17, 15) is 0 Å². The molecule has 3 atom stereocenters. The molecule has 1 rings (SSSR count). The first kappa shape index (κ1) is 10.4. The van der Waals surface area contributed by atoms with Crippen molar-refractivity contribution in [1.29, 1.82) is 0 Å². The van der Waals surface area contributed by atoms with E-state index in [1.54, 1.807) is 7.05 Å². The molecule has 3 unspecified atom stereocenters. The summed E-state index contributed by atoms with van der Waals surface area (Å²) in [4.78, 5) is 6.27. The maximum atomic E-state index is 5.84. The molecule has 13 heavy (non-hydrogen) atoms. The third kappa shape index (κ3) is 2.14. The van der Waals surface area contributed by atoms with Crippen molar-refractivity contribution in [2.45, 2.75) is 33.2 Å². The summed E-state index contributed by atoms with van der Waals surface area (Å²) in [5.41, 5.74) is 5.84. The molecule has 0 aromatic carbocycles. The van der Waals surface area contributed by atoms with Gasteiger partial charge in [-0.25, -0.2) is 0 Å². The van der Waals surface area contributed by atoms with Crippen molar-refractivity contribution in [1.82, 2.24) is 4.90 Å². The lowest BCUT2D eigenvalue weighted by atomic mass is 9.86. The SMILES string of the molecule is CN=C(N)N1CC(C)CC(C)C1C. The summed E-state index contributed by atoms with van der Waals surface area (Å²) in [6, 6.07) is 0.528. The molecule has 1 heterocycles. The fourth-order valence-corrected chi connectivity index (χ4v) is 2.15. The fourth-order valence-electron chi connectivity index (χ4n) is 2.15. The Morgan fingerprint density at radius 1 is 1.38 bits per heavy atom. The van der Waals surface area contributed by atoms with E-state index in [2.05, 4.69) is 30.7 Å². The molecule has 0 aromatic rings. The third-order valence-corrected chi connectivity index (χ3v) is 3.12. The van der Waals surface area contributed by atoms with E-state index in [-0.39, 0.29) is 0 Å². The Bertz CT molecular complexity index is 200. The summed E-state index contributed by atoms with van der Waals surface area (Å²) < 4.78 is 0. The van der Waals surface area contributed by atoms with Crippen LogP contribution in [-0.2, 0) is 0 Å². The number of nitrogens with two attached hydrogens (primary N) is 1. The molecule has 1 aliphatic rings. The first-order valence-electron chi connectivity index (χ1n) is 5.05. The van der Waals surface area contributed by atoms with Crippen LogP contribution in [0.25, 0.3) is 0 Å². The average Bonchev–Trinajstić information content (AvgIpc) is 2.10. The van der Waals surface area contributed by atoms with Gasteiger partial charge < -0.3 is 10.6 Å². The van der Waals surface area contributed by atoms with Gasteiger partial charge >= 0.3 is 0 Å². The molecule has 0 bridgehead atoms. The van der Waals surface area contributed by atoms with E-state index in [0.29, 0.717) is 17.9 Å². The van der Waals surface area contributed by atoms with Crippen LogP contribution in [0.5, 0.6) is 0 Å². The second-order valence-corrected chi connectivity index (χ2v) is 4.29. The molecule has 1 saturated heterocycles. The molecule has 0 saturated carbocycles. The average molecular weight is 183 g/mol. The Balaban J connectivity index is 2.72. The molecule has 1 fully saturated rings. The lowest BCUT2D eigenvalue weighted by molar-refractivity contribution is 0.145. The molecule has 3 nitrogen and oxygen atoms in total. The maximum Gasteiger partial charge on any atom is 0.191 e. The van der Waals surface area contributed by atoms with Crippen molar-refractivity contribution in [3.05, 3.63) is 0 Å². The quantitative estimate of drug-likeness (QED) is 0.454. The van der Waals surface area contributed by atoms with Gasteiger partial charge in [0, 0.05) is 19.6 Å². The zero-order valence-corrected chi connectivity index (χ0v) is 9.12. The van der Waals surface area contributed by atoms with Gasteiger partial charge in [-0.3, -0.25) is 4.99 Å². The Kier molecular flexibility index (Phi) is 3.17. The van der Waals surface area contributed by atoms with Crippen molar-refractivity contribution < 1.29 is 0 Å². The highest BCUT2D eigenvalue weighted by Crippen LogP contribution is 2.26. The number of aliphatic imine (C=N–C) groups is 1. The first-order valence-corrected chi connectivity index (χ1v) is 5.05. The number of guanidine groups is 1. The van der Waals surface area contributed by atoms with Crippen molar-refractivity contribution in [3.63, 3.8) is 0 Å². The van der Waals surface area contributed by atoms with Crippen molar-refractivity contribution in [3.8, 4) is 0 Å². The van der Waals surface area contributed by atoms with Crippen LogP contribution in [0.1, 0.15) is 27.2 Å². The van der Waals surface area contributed by atoms with Gasteiger partial charge in [-0.05, 0) is 25.2 Å². The third-order valence-electron chi connectivity index (χ3n) is 3.12. The summed E-state index contributed by atoms with van der Waals surface area (Å²) in [6.07, 6.45) is 1.30. The second kappa shape index (κ2) is 3.99. The Labute approximate surface area is 81.0 Å². The number of rotatable bonds is 0. The second-order valence-electron chi connectivity index (χ2n) is 4.29. The minimum atomic E-state index is 0.528. The van der Waals surface area contributed by atoms with Gasteiger partial charge in [0.15, 0.2) is 5.96 Å². The highest BCUT2D eigenvalue weighted by Gasteiger charge is 2.29. The van der Waals surface area contributed by atoms with E-state index < -0.39 is 0 Å². The molecule has 1 aliphatic heterocycles. The van der Waals surface area contributed by atoms with Crippen LogP contribution < -0.4 is 5.73 Å². The molecule has 76 valence electrons. The molecule has 0 radical (unpaired) electrons. The Morgan fingerprint density at radius 3 is 2.54 bits per heavy atom. The molecule has 0 amide bonds. The fraction of sp³-hybridized carbons (Fsp3) is 0.900. The molecule has 0 spiro atoms. The largest absolute Gasteiger partial charge is 0.370 e. The first-order chi connectivity index (χ1) is 6.06. The molecule has 3 heteroatoms. The zero-order valence-electron chi connectivity index (χ0n) is 9.12. The minimum Gasteiger partial charge on any atom is -0.370 e. The zero-order chi connectivity index (χ0) is 10.0. The number of hydrogen-bond acceptors (Lipinski definition) is 1. The van der Waals surface area contributed by atoms with Crippen molar-refractivity contribution in [2.75, 3.05) is 13.6 Å². The summed E-state index contributed by atoms with van der Waals surface area (Å²) in [7, 11) is 1.76. The minimum absolute atomic E-state index is 0.528. The van der Waals surface area contributed by atoms with Crippen molar-refractivity contribution in [2.24, 2.45) is 22.6 Å². The smallest absolute Gasteiger partial charge is 0.191 e. The van der Waals surface area contributed by atoms with E-state index in [1.165, 1.54) is 6.42 Å². The number of nitrogens with zero attached hydrogens (tertiary/aromatic N) is 2. The number of likely N-dealkylation sites (tertiary alicyclic amines) is 1. The van der Waals surface area contributed by atoms with E-state index >= 15 is 0 Å². The molecule has 0 aliphatic carbocycles. The van der Waals surface area contributed by atoms with Crippen LogP contribution in [0, 0.1) is 11.8 Å². The van der Waals surface area contributed by atoms with E-state index in [1.807, 2.05) is 0 Å². The number of hydrogen-bond donors (Lipinski definition) is 1. The van der Waals surface area contributed by atoms with Gasteiger partial charge in [0.1, 0.15) is 0 Å². The molecular weight excluding hydrogens is 162 g/mol. The van der Waals surface area contributed by atoms with E-state index in [0.717, 1.165) is 12.5 Å². The molecule has 0 aromatic heterocycles. The molecular formula is C10H21N3. The lowest BCUT2D eigenvalue weighted by Gasteiger charge is -2.41. The van der Waals surface area contributed by atoms with Gasteiger partial charge in [-0.1, -0.05) is 13.8 Å². The highest BCUT2D eigenvalue weighted by atomic mass is 15.3. The normalized spacial score (nSPS) is 36.5. The predicted molar refractivity (Wildman–Crippen MR) is 56.7 cm³/mol. The summed E-state index contributed by atoms with van der Waals surface area (Å²) >= 11 is 0. The Hall–Kier alpha value is -0.730. The summed E-state index contributed by atoms with van der Waals surface area (Å²) in [5.74, 6) is 2.13. The number of piperidine rings is 1. The van der Waals surface area contributed by atoms with Gasteiger partial charge in [0.2, 0.25) is 0 Å². The highest BCUT2D eigenvalue weighted by molar-refractivity contribution is 5.78. The summed E-state index contributed by atoms with van der Waals surface area (Å²) in [5, 5.41) is 0. The monoisotopic (exact) mass is 183 g/mol. The van der Waals surface area contributed by atoms with Gasteiger partial charge in [-0.15, -0.1) is 0 Å². The lowest BCUT2D eigenvalue weighted by Crippen LogP contribution is -2.51. The van der Waals surface area contributed by atoms with Gasteiger partial charge in [-0.2, -0.15) is 0 Å². The van der Waals surface area contributed by atoms with Crippen LogP contribution >= 0.6 is 0 Å². The standard InChI is InChI=1S/C10H21N3/c1-7-5-8(2)9(3)13(6-7)10(11)12-4/h7-9H,5-6H2,1-4H3,(H2,11,12). The van der Waals surface area contributed by atoms with Crippen LogP contribution in [0.2, 0.25) is 0 Å². The van der Waals surface area contributed by atoms with Crippen LogP contribution in [0.3, 0.4) is 0 Å². The predicted octanol–water partition coefficient (Wildman–Crippen LogP) is 1.30. The van der Waals surface area contributed by atoms with Crippen LogP contribution in [0.4, 0.5) is 0 Å². The van der Waals surface area contributed by atoms with E-state index in [4.69, 9.17) is 5.73 Å². The summed E-state index contributed by atoms with van der Waals surface area (Å²) in [6.45, 7) is 7.85. The van der Waals surface area contributed by atoms with Crippen LogP contribution in [0.15, 0.2) is 4.99 Å².